The molecule has 0 aliphatic carbocycles. The highest BCUT2D eigenvalue weighted by molar-refractivity contribution is 7.89. The average Bonchev–Trinajstić information content (AvgIpc) is 2.63. The van der Waals surface area contributed by atoms with Gasteiger partial charge in [-0.1, -0.05) is 6.07 Å². The quantitative estimate of drug-likeness (QED) is 0.865. The molecule has 0 unspecified atom stereocenters. The minimum atomic E-state index is -3.50. The third-order valence-corrected chi connectivity index (χ3v) is 7.53. The van der Waals surface area contributed by atoms with Gasteiger partial charge in [-0.05, 0) is 63.4 Å². The van der Waals surface area contributed by atoms with E-state index in [9.17, 15) is 13.2 Å². The molecular weight excluding hydrogens is 350 g/mol. The maximum atomic E-state index is 12.9. The summed E-state index contributed by atoms with van der Waals surface area (Å²) in [6.45, 7) is 8.54. The molecule has 2 fully saturated rings. The summed E-state index contributed by atoms with van der Waals surface area (Å²) in [5, 5.41) is 3.37. The lowest BCUT2D eigenvalue weighted by atomic mass is 9.92. The first-order valence-electron chi connectivity index (χ1n) is 9.38. The van der Waals surface area contributed by atoms with Crippen LogP contribution in [0.2, 0.25) is 0 Å². The van der Waals surface area contributed by atoms with Crippen molar-refractivity contribution in [3.05, 3.63) is 29.3 Å². The minimum Gasteiger partial charge on any atom is -0.340 e. The van der Waals surface area contributed by atoms with Crippen LogP contribution in [-0.2, 0) is 14.8 Å². The van der Waals surface area contributed by atoms with Crippen molar-refractivity contribution in [1.29, 1.82) is 0 Å². The maximum absolute atomic E-state index is 12.9. The fraction of sp³-hybridized carbons (Fsp3) is 0.632. The van der Waals surface area contributed by atoms with Crippen molar-refractivity contribution in [2.24, 2.45) is 5.92 Å². The summed E-state index contributed by atoms with van der Waals surface area (Å²) in [5.41, 5.74) is 2.05. The summed E-state index contributed by atoms with van der Waals surface area (Å²) in [6, 6.07) is 5.62. The van der Waals surface area contributed by atoms with Gasteiger partial charge in [0.2, 0.25) is 15.9 Å². The number of hydrogen-bond donors (Lipinski definition) is 1. The molecule has 2 aliphatic rings. The zero-order valence-corrected chi connectivity index (χ0v) is 16.7. The second-order valence-electron chi connectivity index (χ2n) is 7.55. The maximum Gasteiger partial charge on any atom is 0.243 e. The van der Waals surface area contributed by atoms with Crippen LogP contribution < -0.4 is 5.32 Å². The topological polar surface area (TPSA) is 69.7 Å². The van der Waals surface area contributed by atoms with Gasteiger partial charge in [0.1, 0.15) is 0 Å². The zero-order valence-electron chi connectivity index (χ0n) is 15.9. The standard InChI is InChI=1S/C19H29N3O3S/c1-14-4-5-18(12-15(14)2)26(24,25)22-10-8-21(9-11-22)19(23)17-6-7-20-16(3)13-17/h4-5,12,16-17,20H,6-11,13H2,1-3H3/t16-,17-/m0/s1. The zero-order chi connectivity index (χ0) is 18.9. The van der Waals surface area contributed by atoms with Crippen LogP contribution in [0.3, 0.4) is 0 Å². The predicted octanol–water partition coefficient (Wildman–Crippen LogP) is 1.52. The molecule has 1 amide bonds. The smallest absolute Gasteiger partial charge is 0.243 e. The summed E-state index contributed by atoms with van der Waals surface area (Å²) in [4.78, 5) is 14.9. The molecule has 1 aromatic rings. The molecule has 6 nitrogen and oxygen atoms in total. The molecule has 0 bridgehead atoms. The number of sulfonamides is 1. The van der Waals surface area contributed by atoms with Gasteiger partial charge in [0.15, 0.2) is 0 Å². The van der Waals surface area contributed by atoms with E-state index < -0.39 is 10.0 Å². The number of amides is 1. The second-order valence-corrected chi connectivity index (χ2v) is 9.49. The summed E-state index contributed by atoms with van der Waals surface area (Å²) in [5.74, 6) is 0.246. The van der Waals surface area contributed by atoms with Crippen LogP contribution in [0.4, 0.5) is 0 Å². The van der Waals surface area contributed by atoms with Crippen molar-refractivity contribution in [3.8, 4) is 0 Å². The number of rotatable bonds is 3. The van der Waals surface area contributed by atoms with E-state index in [2.05, 4.69) is 12.2 Å². The molecule has 26 heavy (non-hydrogen) atoms. The van der Waals surface area contributed by atoms with Crippen LogP contribution >= 0.6 is 0 Å². The van der Waals surface area contributed by atoms with Crippen LogP contribution in [0, 0.1) is 19.8 Å². The Morgan fingerprint density at radius 2 is 1.81 bits per heavy atom. The molecule has 1 aromatic carbocycles. The largest absolute Gasteiger partial charge is 0.340 e. The minimum absolute atomic E-state index is 0.0640. The fourth-order valence-electron chi connectivity index (χ4n) is 3.79. The van der Waals surface area contributed by atoms with Gasteiger partial charge in [0.25, 0.3) is 0 Å². The Morgan fingerprint density at radius 1 is 1.12 bits per heavy atom. The first-order chi connectivity index (χ1) is 12.3. The van der Waals surface area contributed by atoms with E-state index in [0.717, 1.165) is 30.5 Å². The Balaban J connectivity index is 1.64. The molecule has 2 atom stereocenters. The van der Waals surface area contributed by atoms with Crippen molar-refractivity contribution < 1.29 is 13.2 Å². The molecule has 3 rings (SSSR count). The molecule has 0 radical (unpaired) electrons. The van der Waals surface area contributed by atoms with Crippen molar-refractivity contribution in [2.45, 2.75) is 44.6 Å². The lowest BCUT2D eigenvalue weighted by molar-refractivity contribution is -0.137. The highest BCUT2D eigenvalue weighted by atomic mass is 32.2. The Bertz CT molecular complexity index is 770. The van der Waals surface area contributed by atoms with Gasteiger partial charge in [-0.2, -0.15) is 4.31 Å². The molecule has 0 aromatic heterocycles. The molecule has 2 saturated heterocycles. The van der Waals surface area contributed by atoms with Crippen LogP contribution in [0.15, 0.2) is 23.1 Å². The van der Waals surface area contributed by atoms with Crippen LogP contribution in [0.5, 0.6) is 0 Å². The second kappa shape index (κ2) is 7.66. The average molecular weight is 380 g/mol. The van der Waals surface area contributed by atoms with Gasteiger partial charge in [-0.15, -0.1) is 0 Å². The van der Waals surface area contributed by atoms with Gasteiger partial charge >= 0.3 is 0 Å². The SMILES string of the molecule is Cc1ccc(S(=O)(=O)N2CCN(C(=O)[C@H]3CCN[C@@H](C)C3)CC2)cc1C. The summed E-state index contributed by atoms with van der Waals surface area (Å²) < 4.78 is 27.3. The number of benzene rings is 1. The van der Waals surface area contributed by atoms with Gasteiger partial charge in [-0.3, -0.25) is 4.79 Å². The number of hydrogen-bond acceptors (Lipinski definition) is 4. The highest BCUT2D eigenvalue weighted by Crippen LogP contribution is 2.23. The molecule has 0 spiro atoms. The van der Waals surface area contributed by atoms with Crippen molar-refractivity contribution in [3.63, 3.8) is 0 Å². The Kier molecular flexibility index (Phi) is 5.69. The summed E-state index contributed by atoms with van der Waals surface area (Å²) in [7, 11) is -3.50. The molecule has 0 saturated carbocycles. The number of carbonyl (C=O) groups excluding carboxylic acids is 1. The molecule has 1 N–H and O–H groups in total. The first-order valence-corrected chi connectivity index (χ1v) is 10.8. The van der Waals surface area contributed by atoms with E-state index in [1.165, 1.54) is 4.31 Å². The highest BCUT2D eigenvalue weighted by Gasteiger charge is 2.33. The number of carbonyl (C=O) groups is 1. The molecule has 2 aliphatic heterocycles. The number of aryl methyl sites for hydroxylation is 2. The van der Waals surface area contributed by atoms with E-state index >= 15 is 0 Å². The Labute approximate surface area is 156 Å². The van der Waals surface area contributed by atoms with Gasteiger partial charge in [0, 0.05) is 38.1 Å². The van der Waals surface area contributed by atoms with Gasteiger partial charge < -0.3 is 10.2 Å². The summed E-state index contributed by atoms with van der Waals surface area (Å²) >= 11 is 0. The van der Waals surface area contributed by atoms with E-state index in [-0.39, 0.29) is 11.8 Å². The number of nitrogens with one attached hydrogen (secondary N) is 1. The monoisotopic (exact) mass is 379 g/mol. The third kappa shape index (κ3) is 3.94. The molecule has 144 valence electrons. The lowest BCUT2D eigenvalue weighted by Crippen LogP contribution is -2.53. The van der Waals surface area contributed by atoms with E-state index in [0.29, 0.717) is 37.1 Å². The molecule has 7 heteroatoms. The first kappa shape index (κ1) is 19.3. The van der Waals surface area contributed by atoms with Crippen LogP contribution in [-0.4, -0.2) is 62.3 Å². The Morgan fingerprint density at radius 3 is 2.42 bits per heavy atom. The number of nitrogens with zero attached hydrogens (tertiary/aromatic N) is 2. The van der Waals surface area contributed by atoms with Crippen molar-refractivity contribution >= 4 is 15.9 Å². The van der Waals surface area contributed by atoms with E-state index in [4.69, 9.17) is 0 Å². The number of piperidine rings is 1. The normalized spacial score (nSPS) is 25.3. The van der Waals surface area contributed by atoms with E-state index in [1.807, 2.05) is 24.8 Å². The van der Waals surface area contributed by atoms with Gasteiger partial charge in [0.05, 0.1) is 4.90 Å². The predicted molar refractivity (Wildman–Crippen MR) is 101 cm³/mol. The number of piperazine rings is 1. The Hall–Kier alpha value is -1.44. The van der Waals surface area contributed by atoms with Crippen molar-refractivity contribution in [2.75, 3.05) is 32.7 Å². The molecule has 2 heterocycles. The van der Waals surface area contributed by atoms with Gasteiger partial charge in [-0.25, -0.2) is 8.42 Å². The van der Waals surface area contributed by atoms with Crippen LogP contribution in [0.25, 0.3) is 0 Å². The van der Waals surface area contributed by atoms with Crippen molar-refractivity contribution in [1.82, 2.24) is 14.5 Å². The summed E-state index contributed by atoms with van der Waals surface area (Å²) in [6.07, 6.45) is 1.73. The lowest BCUT2D eigenvalue weighted by Gasteiger charge is -2.37. The third-order valence-electron chi connectivity index (χ3n) is 5.64. The molecular formula is C19H29N3O3S. The fourth-order valence-corrected chi connectivity index (χ4v) is 5.29. The van der Waals surface area contributed by atoms with Crippen LogP contribution in [0.1, 0.15) is 30.9 Å². The van der Waals surface area contributed by atoms with E-state index in [1.54, 1.807) is 12.1 Å².